The highest BCUT2D eigenvalue weighted by Gasteiger charge is 2.26. The normalized spacial score (nSPS) is 12.7. The Labute approximate surface area is 182 Å². The van der Waals surface area contributed by atoms with Crippen molar-refractivity contribution in [3.63, 3.8) is 0 Å². The molecule has 4 aromatic rings. The molecule has 0 atom stereocenters. The van der Waals surface area contributed by atoms with Gasteiger partial charge in [-0.3, -0.25) is 4.99 Å². The van der Waals surface area contributed by atoms with Gasteiger partial charge in [-0.2, -0.15) is 0 Å². The fourth-order valence-electron chi connectivity index (χ4n) is 4.33. The quantitative estimate of drug-likeness (QED) is 0.449. The van der Waals surface area contributed by atoms with Gasteiger partial charge in [0.25, 0.3) is 0 Å². The van der Waals surface area contributed by atoms with Crippen molar-refractivity contribution in [2.45, 2.75) is 26.3 Å². The van der Waals surface area contributed by atoms with Crippen LogP contribution in [0.15, 0.2) is 53.5 Å². The number of aromatic carboxylic acids is 1. The Morgan fingerprint density at radius 3 is 2.53 bits per heavy atom. The van der Waals surface area contributed by atoms with E-state index in [1.165, 1.54) is 18.2 Å². The Hall–Kier alpha value is -3.87. The van der Waals surface area contributed by atoms with Gasteiger partial charge in [0, 0.05) is 28.5 Å². The Bertz CT molecular complexity index is 1420. The fourth-order valence-corrected chi connectivity index (χ4v) is 4.33. The molecule has 5 rings (SSSR count). The van der Waals surface area contributed by atoms with Crippen LogP contribution in [-0.4, -0.2) is 26.8 Å². The van der Waals surface area contributed by atoms with Crippen molar-refractivity contribution < 1.29 is 18.7 Å². The third-order valence-electron chi connectivity index (χ3n) is 5.69. The lowest BCUT2D eigenvalue weighted by Gasteiger charge is -2.16. The van der Waals surface area contributed by atoms with Crippen molar-refractivity contribution in [3.8, 4) is 16.9 Å². The third-order valence-corrected chi connectivity index (χ3v) is 5.69. The summed E-state index contributed by atoms with van der Waals surface area (Å²) in [4.78, 5) is 20.1. The van der Waals surface area contributed by atoms with E-state index in [2.05, 4.69) is 9.98 Å². The zero-order chi connectivity index (χ0) is 22.6. The number of aliphatic imine (C=N–C) groups is 1. The number of hydrogen-bond acceptors (Lipinski definition) is 3. The number of rotatable bonds is 4. The summed E-state index contributed by atoms with van der Waals surface area (Å²) in [6.45, 7) is 4.60. The highest BCUT2D eigenvalue weighted by molar-refractivity contribution is 6.03. The largest absolute Gasteiger partial charge is 0.476 e. The van der Waals surface area contributed by atoms with Gasteiger partial charge >= 0.3 is 5.97 Å². The lowest BCUT2D eigenvalue weighted by molar-refractivity contribution is 0.0685. The van der Waals surface area contributed by atoms with Crippen molar-refractivity contribution in [3.05, 3.63) is 82.7 Å². The molecule has 0 bridgehead atoms. The Morgan fingerprint density at radius 2 is 1.84 bits per heavy atom. The smallest absolute Gasteiger partial charge is 0.357 e. The summed E-state index contributed by atoms with van der Waals surface area (Å²) in [6, 6.07) is 12.9. The van der Waals surface area contributed by atoms with Gasteiger partial charge in [-0.05, 0) is 65.6 Å². The molecule has 0 saturated heterocycles. The Balaban J connectivity index is 1.91. The molecule has 0 radical (unpaired) electrons. The first kappa shape index (κ1) is 20.1. The maximum absolute atomic E-state index is 14.1. The third kappa shape index (κ3) is 3.09. The molecule has 0 spiro atoms. The van der Waals surface area contributed by atoms with Crippen LogP contribution in [0.4, 0.5) is 8.78 Å². The average molecular weight is 431 g/mol. The molecule has 2 aromatic heterocycles. The van der Waals surface area contributed by atoms with Crippen LogP contribution in [0.2, 0.25) is 0 Å². The van der Waals surface area contributed by atoms with Crippen LogP contribution in [0, 0.1) is 11.6 Å². The van der Waals surface area contributed by atoms with E-state index in [-0.39, 0.29) is 11.7 Å². The van der Waals surface area contributed by atoms with Crippen molar-refractivity contribution >= 4 is 23.1 Å². The van der Waals surface area contributed by atoms with E-state index in [9.17, 15) is 18.7 Å². The first-order valence-electron chi connectivity index (χ1n) is 10.2. The van der Waals surface area contributed by atoms with E-state index >= 15 is 0 Å². The molecule has 7 heteroatoms. The highest BCUT2D eigenvalue weighted by atomic mass is 19.1. The fraction of sp³-hybridized carbons (Fsp3) is 0.160. The summed E-state index contributed by atoms with van der Waals surface area (Å²) < 4.78 is 29.8. The molecule has 1 N–H and O–H groups in total. The molecule has 1 aliphatic rings. The van der Waals surface area contributed by atoms with Gasteiger partial charge in [0.15, 0.2) is 11.5 Å². The number of carbonyl (C=O) groups is 1. The van der Waals surface area contributed by atoms with Gasteiger partial charge in [-0.15, -0.1) is 0 Å². The average Bonchev–Trinajstić information content (AvgIpc) is 3.35. The summed E-state index contributed by atoms with van der Waals surface area (Å²) in [5.41, 5.74) is 5.04. The number of nitrogens with zero attached hydrogens (tertiary/aromatic N) is 3. The predicted molar refractivity (Wildman–Crippen MR) is 119 cm³/mol. The Morgan fingerprint density at radius 1 is 1.09 bits per heavy atom. The maximum atomic E-state index is 14.1. The lowest BCUT2D eigenvalue weighted by Crippen LogP contribution is -2.07. The maximum Gasteiger partial charge on any atom is 0.357 e. The second-order valence-electron chi connectivity index (χ2n) is 8.10. The molecule has 0 amide bonds. The highest BCUT2D eigenvalue weighted by Crippen LogP contribution is 2.41. The van der Waals surface area contributed by atoms with Crippen LogP contribution >= 0.6 is 0 Å². The van der Waals surface area contributed by atoms with E-state index < -0.39 is 17.5 Å². The van der Waals surface area contributed by atoms with E-state index in [1.807, 2.05) is 36.8 Å². The summed E-state index contributed by atoms with van der Waals surface area (Å²) in [5, 5.41) is 10.3. The molecule has 0 aliphatic carbocycles. The topological polar surface area (TPSA) is 67.5 Å². The van der Waals surface area contributed by atoms with Crippen LogP contribution < -0.4 is 0 Å². The van der Waals surface area contributed by atoms with Crippen LogP contribution in [0.5, 0.6) is 0 Å². The standard InChI is InChI=1S/C25H19F2N3O2/c1-13(2)24-22(20-8-7-19(27)23(29-20)25(31)32)18-9-14-11-28-12-15(14)10-21(18)30(24)17-5-3-16(26)4-6-17/h3-10,12-13H,11H2,1-2H3,(H,31,32). The van der Waals surface area contributed by atoms with Crippen LogP contribution in [-0.2, 0) is 6.54 Å². The Kier molecular flexibility index (Phi) is 4.62. The molecule has 0 unspecified atom stereocenters. The van der Waals surface area contributed by atoms with Gasteiger partial charge in [-0.25, -0.2) is 18.6 Å². The molecule has 160 valence electrons. The molecule has 5 nitrogen and oxygen atoms in total. The van der Waals surface area contributed by atoms with Gasteiger partial charge in [0.1, 0.15) is 5.82 Å². The van der Waals surface area contributed by atoms with Gasteiger partial charge in [-0.1, -0.05) is 13.8 Å². The summed E-state index contributed by atoms with van der Waals surface area (Å²) in [5.74, 6) is -2.64. The molecule has 1 aliphatic heterocycles. The van der Waals surface area contributed by atoms with E-state index in [1.54, 1.807) is 12.1 Å². The first-order valence-corrected chi connectivity index (χ1v) is 10.2. The molecule has 3 heterocycles. The van der Waals surface area contributed by atoms with Crippen molar-refractivity contribution in [1.29, 1.82) is 0 Å². The second kappa shape index (κ2) is 7.37. The van der Waals surface area contributed by atoms with E-state index in [0.717, 1.165) is 45.0 Å². The van der Waals surface area contributed by atoms with E-state index in [4.69, 9.17) is 0 Å². The zero-order valence-corrected chi connectivity index (χ0v) is 17.4. The number of carboxylic acids is 1. The first-order chi connectivity index (χ1) is 15.3. The van der Waals surface area contributed by atoms with Gasteiger partial charge in [0.2, 0.25) is 0 Å². The molecular weight excluding hydrogens is 412 g/mol. The number of hydrogen-bond donors (Lipinski definition) is 1. The van der Waals surface area contributed by atoms with Crippen LogP contribution in [0.25, 0.3) is 27.8 Å². The number of pyridine rings is 1. The van der Waals surface area contributed by atoms with Gasteiger partial charge < -0.3 is 9.67 Å². The minimum Gasteiger partial charge on any atom is -0.476 e. The monoisotopic (exact) mass is 431 g/mol. The lowest BCUT2D eigenvalue weighted by atomic mass is 9.98. The minimum atomic E-state index is -1.42. The summed E-state index contributed by atoms with van der Waals surface area (Å²) >= 11 is 0. The molecule has 2 aromatic carbocycles. The SMILES string of the molecule is CC(C)c1c(-c2ccc(F)c(C(=O)O)n2)c2cc3c(cc2n1-c1ccc(F)cc1)C=NC3. The molecule has 0 fully saturated rings. The number of carboxylic acid groups (broad SMARTS) is 1. The van der Waals surface area contributed by atoms with E-state index in [0.29, 0.717) is 12.2 Å². The van der Waals surface area contributed by atoms with Crippen LogP contribution in [0.3, 0.4) is 0 Å². The number of fused-ring (bicyclic) bond motifs is 2. The number of benzene rings is 2. The number of aromatic nitrogens is 2. The molecule has 0 saturated carbocycles. The van der Waals surface area contributed by atoms with Crippen LogP contribution in [0.1, 0.15) is 47.1 Å². The zero-order valence-electron chi connectivity index (χ0n) is 17.4. The molecular formula is C25H19F2N3O2. The summed E-state index contributed by atoms with van der Waals surface area (Å²) in [7, 11) is 0. The van der Waals surface area contributed by atoms with Crippen molar-refractivity contribution in [2.75, 3.05) is 0 Å². The second-order valence-corrected chi connectivity index (χ2v) is 8.10. The van der Waals surface area contributed by atoms with Crippen molar-refractivity contribution in [2.24, 2.45) is 4.99 Å². The predicted octanol–water partition coefficient (Wildman–Crippen LogP) is 5.72. The van der Waals surface area contributed by atoms with Gasteiger partial charge in [0.05, 0.1) is 17.8 Å². The minimum absolute atomic E-state index is 0.00564. The molecule has 32 heavy (non-hydrogen) atoms. The van der Waals surface area contributed by atoms with Crippen molar-refractivity contribution in [1.82, 2.24) is 9.55 Å². The number of halogens is 2. The summed E-state index contributed by atoms with van der Waals surface area (Å²) in [6.07, 6.45) is 1.82.